The molecule has 0 spiro atoms. The van der Waals surface area contributed by atoms with Crippen molar-refractivity contribution in [2.45, 2.75) is 13.0 Å². The number of halogens is 2. The molecule has 3 heterocycles. The van der Waals surface area contributed by atoms with E-state index in [-0.39, 0.29) is 23.6 Å². The number of carbonyl (C=O) groups excluding carboxylic acids is 2. The number of hydrogen-bond acceptors (Lipinski definition) is 6. The molecule has 1 atom stereocenters. The van der Waals surface area contributed by atoms with Crippen LogP contribution in [0.3, 0.4) is 0 Å². The van der Waals surface area contributed by atoms with Crippen molar-refractivity contribution in [3.05, 3.63) is 105 Å². The van der Waals surface area contributed by atoms with Gasteiger partial charge in [-0.1, -0.05) is 18.2 Å². The zero-order chi connectivity index (χ0) is 30.1. The van der Waals surface area contributed by atoms with E-state index in [1.54, 1.807) is 53.6 Å². The second-order valence-electron chi connectivity index (χ2n) is 10.2. The van der Waals surface area contributed by atoms with E-state index in [1.807, 2.05) is 18.2 Å². The van der Waals surface area contributed by atoms with Gasteiger partial charge in [0.15, 0.2) is 5.96 Å². The molecule has 5 N–H and O–H groups in total. The van der Waals surface area contributed by atoms with Gasteiger partial charge in [0.05, 0.1) is 23.9 Å². The van der Waals surface area contributed by atoms with Gasteiger partial charge in [-0.3, -0.25) is 14.6 Å². The minimum atomic E-state index is -0.496. The van der Waals surface area contributed by atoms with Gasteiger partial charge < -0.3 is 21.7 Å². The first-order valence-corrected chi connectivity index (χ1v) is 14.6. The number of anilines is 2. The highest BCUT2D eigenvalue weighted by atomic mass is 127. The van der Waals surface area contributed by atoms with Crippen LogP contribution in [-0.4, -0.2) is 51.4 Å². The summed E-state index contributed by atoms with van der Waals surface area (Å²) < 4.78 is 15.8. The van der Waals surface area contributed by atoms with Gasteiger partial charge in [0, 0.05) is 56.4 Å². The molecule has 0 bridgehead atoms. The van der Waals surface area contributed by atoms with Crippen LogP contribution >= 0.6 is 22.6 Å². The number of benzene rings is 3. The number of amides is 2. The number of rotatable bonds is 5. The number of likely N-dealkylation sites (tertiary alicyclic amines) is 1. The predicted molar refractivity (Wildman–Crippen MR) is 170 cm³/mol. The van der Waals surface area contributed by atoms with E-state index >= 15 is 0 Å². The topological polar surface area (TPSA) is 152 Å². The summed E-state index contributed by atoms with van der Waals surface area (Å²) >= 11 is 2.23. The van der Waals surface area contributed by atoms with E-state index in [1.165, 1.54) is 6.07 Å². The molecule has 6 rings (SSSR count). The summed E-state index contributed by atoms with van der Waals surface area (Å²) in [5.41, 5.74) is 16.6. The highest BCUT2D eigenvalue weighted by Crippen LogP contribution is 2.33. The number of hydrogen-bond donors (Lipinski definition) is 3. The number of nitrogens with one attached hydrogen (secondary N) is 1. The molecule has 1 unspecified atom stereocenters. The van der Waals surface area contributed by atoms with Crippen molar-refractivity contribution in [3.63, 3.8) is 0 Å². The summed E-state index contributed by atoms with van der Waals surface area (Å²) in [6.45, 7) is 1.16. The Morgan fingerprint density at radius 3 is 2.56 bits per heavy atom. The van der Waals surface area contributed by atoms with Crippen molar-refractivity contribution in [2.75, 3.05) is 18.4 Å². The highest BCUT2D eigenvalue weighted by Gasteiger charge is 2.28. The maximum Gasteiger partial charge on any atom is 0.280 e. The van der Waals surface area contributed by atoms with Crippen molar-refractivity contribution in [3.8, 4) is 11.3 Å². The zero-order valence-electron chi connectivity index (χ0n) is 22.8. The lowest BCUT2D eigenvalue weighted by molar-refractivity contribution is -0.121. The summed E-state index contributed by atoms with van der Waals surface area (Å²) in [5.74, 6) is -1.10. The van der Waals surface area contributed by atoms with Crippen LogP contribution in [-0.2, 0) is 11.3 Å². The van der Waals surface area contributed by atoms with Gasteiger partial charge in [-0.25, -0.2) is 14.4 Å². The van der Waals surface area contributed by atoms with Crippen molar-refractivity contribution >= 4 is 57.7 Å². The smallest absolute Gasteiger partial charge is 0.280 e. The molecule has 10 nitrogen and oxygen atoms in total. The summed E-state index contributed by atoms with van der Waals surface area (Å²) in [4.78, 5) is 43.9. The number of nitrogens with two attached hydrogens (primary N) is 2. The summed E-state index contributed by atoms with van der Waals surface area (Å²) in [6, 6.07) is 19.3. The average molecular weight is 689 g/mol. The average Bonchev–Trinajstić information content (AvgIpc) is 3.45. The number of nitrogens with zero attached hydrogens (tertiary/aromatic N) is 5. The van der Waals surface area contributed by atoms with Crippen LogP contribution in [0.2, 0.25) is 0 Å². The number of aliphatic imine (C=N–C) groups is 2. The van der Waals surface area contributed by atoms with Crippen LogP contribution in [0, 0.1) is 15.3 Å². The Morgan fingerprint density at radius 1 is 1.02 bits per heavy atom. The minimum Gasteiger partial charge on any atom is -0.369 e. The van der Waals surface area contributed by atoms with Gasteiger partial charge in [-0.2, -0.15) is 4.99 Å². The molecule has 0 aliphatic carbocycles. The van der Waals surface area contributed by atoms with Gasteiger partial charge in [0.25, 0.3) is 5.91 Å². The molecular weight excluding hydrogens is 662 g/mol. The minimum absolute atomic E-state index is 0.0615. The van der Waals surface area contributed by atoms with E-state index in [0.29, 0.717) is 60.2 Å². The van der Waals surface area contributed by atoms with E-state index in [2.05, 4.69) is 37.9 Å². The summed E-state index contributed by atoms with van der Waals surface area (Å²) in [7, 11) is 0. The lowest BCUT2D eigenvalue weighted by Crippen LogP contribution is -2.37. The maximum absolute atomic E-state index is 14.8. The van der Waals surface area contributed by atoms with Crippen molar-refractivity contribution in [2.24, 2.45) is 27.4 Å². The molecule has 43 heavy (non-hydrogen) atoms. The second kappa shape index (κ2) is 11.9. The predicted octanol–water partition coefficient (Wildman–Crippen LogP) is 4.24. The quantitative estimate of drug-likeness (QED) is 0.161. The van der Waals surface area contributed by atoms with E-state index in [9.17, 15) is 14.0 Å². The fourth-order valence-corrected chi connectivity index (χ4v) is 5.62. The van der Waals surface area contributed by atoms with Gasteiger partial charge in [-0.05, 0) is 77.5 Å². The van der Waals surface area contributed by atoms with Crippen molar-refractivity contribution in [1.29, 1.82) is 0 Å². The Bertz CT molecular complexity index is 1810. The monoisotopic (exact) mass is 688 g/mol. The third kappa shape index (κ3) is 5.95. The molecule has 2 aliphatic rings. The van der Waals surface area contributed by atoms with Gasteiger partial charge in [0.2, 0.25) is 11.9 Å². The van der Waals surface area contributed by atoms with Crippen molar-refractivity contribution < 1.29 is 14.0 Å². The van der Waals surface area contributed by atoms with Crippen LogP contribution in [0.1, 0.15) is 33.5 Å². The molecule has 3 aromatic carbocycles. The fourth-order valence-electron chi connectivity index (χ4n) is 5.13. The molecule has 0 radical (unpaired) electrons. The Balaban J connectivity index is 1.22. The Hall–Kier alpha value is -4.72. The fraction of sp³-hybridized carbons (Fsp3) is 0.161. The largest absolute Gasteiger partial charge is 0.369 e. The van der Waals surface area contributed by atoms with Crippen LogP contribution in [0.4, 0.5) is 16.0 Å². The van der Waals surface area contributed by atoms with Gasteiger partial charge in [0.1, 0.15) is 5.82 Å². The molecule has 1 saturated heterocycles. The molecule has 4 aromatic rings. The van der Waals surface area contributed by atoms with E-state index in [4.69, 9.17) is 21.4 Å². The molecule has 2 amide bonds. The van der Waals surface area contributed by atoms with E-state index in [0.717, 1.165) is 20.3 Å². The zero-order valence-corrected chi connectivity index (χ0v) is 25.0. The van der Waals surface area contributed by atoms with E-state index < -0.39 is 5.91 Å². The highest BCUT2D eigenvalue weighted by molar-refractivity contribution is 14.1. The lowest BCUT2D eigenvalue weighted by atomic mass is 9.95. The van der Waals surface area contributed by atoms with Crippen molar-refractivity contribution in [1.82, 2.24) is 14.9 Å². The molecular formula is C31H26FIN8O2. The third-order valence-corrected chi connectivity index (χ3v) is 8.08. The Morgan fingerprint density at radius 2 is 1.81 bits per heavy atom. The summed E-state index contributed by atoms with van der Waals surface area (Å²) in [5, 5.41) is 3.19. The SMILES string of the molecule is NC(=O)C1CCN(C(N)=NC(=O)c2ccc(Nc3ncc4c(n3)-c3ccc(I)cc3C(c3ccccc3F)=NC4)cc2)C1. The van der Waals surface area contributed by atoms with Gasteiger partial charge >= 0.3 is 0 Å². The third-order valence-electron chi connectivity index (χ3n) is 7.41. The van der Waals surface area contributed by atoms with Gasteiger partial charge in [-0.15, -0.1) is 0 Å². The summed E-state index contributed by atoms with van der Waals surface area (Å²) in [6.07, 6.45) is 2.30. The number of guanidine groups is 1. The first-order valence-electron chi connectivity index (χ1n) is 13.5. The number of aromatic nitrogens is 2. The number of fused-ring (bicyclic) bond motifs is 3. The standard InChI is InChI=1S/C31H26FIN8O2/c32-25-4-2-1-3-23(25)27-24-13-20(33)7-10-22(24)26-19(14-36-27)15-37-31(39-26)38-21-8-5-17(6-9-21)29(43)40-30(35)41-12-11-18(16-41)28(34)42/h1-10,13,15,18H,11-12,14,16H2,(H2,34,42)(H2,35,40,43)(H,37,38,39). The number of primary amides is 1. The Kier molecular flexibility index (Phi) is 7.84. The lowest BCUT2D eigenvalue weighted by Gasteiger charge is -2.16. The van der Waals surface area contributed by atoms with Crippen LogP contribution in [0.5, 0.6) is 0 Å². The second-order valence-corrected chi connectivity index (χ2v) is 11.5. The van der Waals surface area contributed by atoms with Crippen LogP contribution in [0.15, 0.2) is 82.9 Å². The molecule has 2 aliphatic heterocycles. The first-order chi connectivity index (χ1) is 20.8. The molecule has 0 saturated carbocycles. The first kappa shape index (κ1) is 28.4. The Labute approximate surface area is 260 Å². The molecule has 216 valence electrons. The molecule has 1 aromatic heterocycles. The normalized spacial score (nSPS) is 16.1. The number of carbonyl (C=O) groups is 2. The maximum atomic E-state index is 14.8. The van der Waals surface area contributed by atoms with Crippen LogP contribution < -0.4 is 16.8 Å². The van der Waals surface area contributed by atoms with Crippen LogP contribution in [0.25, 0.3) is 11.3 Å². The molecule has 12 heteroatoms. The molecule has 1 fully saturated rings.